The normalized spacial score (nSPS) is 18.3. The summed E-state index contributed by atoms with van der Waals surface area (Å²) in [5.41, 5.74) is 1.64. The Bertz CT molecular complexity index is 573. The van der Waals surface area contributed by atoms with E-state index in [1.54, 1.807) is 6.92 Å². The molecular weight excluding hydrogens is 404 g/mol. The Balaban J connectivity index is 2.52. The standard InChI is InChI=1S/C14H14Br2N2O3/c1-2-21-13(19)9-10(8-6-4-3-5-7-8)17-14(20)18-11(9)12(15)16/h3-7,10,12H,2H2,1H3,(H2,17,18,20)/t10-/m1/s1. The monoisotopic (exact) mass is 416 g/mol. The zero-order valence-electron chi connectivity index (χ0n) is 11.2. The van der Waals surface area contributed by atoms with Crippen molar-refractivity contribution in [1.29, 1.82) is 0 Å². The van der Waals surface area contributed by atoms with Crippen LogP contribution < -0.4 is 10.6 Å². The molecule has 1 aromatic carbocycles. The smallest absolute Gasteiger partial charge is 0.338 e. The van der Waals surface area contributed by atoms with E-state index in [0.717, 1.165) is 5.56 Å². The molecule has 1 aromatic rings. The van der Waals surface area contributed by atoms with Crippen molar-refractivity contribution in [3.8, 4) is 0 Å². The van der Waals surface area contributed by atoms with E-state index in [4.69, 9.17) is 4.74 Å². The minimum Gasteiger partial charge on any atom is -0.463 e. The van der Waals surface area contributed by atoms with Gasteiger partial charge in [-0.3, -0.25) is 0 Å². The summed E-state index contributed by atoms with van der Waals surface area (Å²) in [6.07, 6.45) is 0. The van der Waals surface area contributed by atoms with E-state index < -0.39 is 12.0 Å². The number of carbonyl (C=O) groups excluding carboxylic acids is 2. The lowest BCUT2D eigenvalue weighted by atomic mass is 9.96. The van der Waals surface area contributed by atoms with Gasteiger partial charge in [-0.1, -0.05) is 62.2 Å². The van der Waals surface area contributed by atoms with Crippen molar-refractivity contribution < 1.29 is 14.3 Å². The van der Waals surface area contributed by atoms with E-state index in [1.165, 1.54) is 0 Å². The summed E-state index contributed by atoms with van der Waals surface area (Å²) < 4.78 is 4.76. The van der Waals surface area contributed by atoms with Gasteiger partial charge in [-0.25, -0.2) is 9.59 Å². The number of esters is 1. The lowest BCUT2D eigenvalue weighted by molar-refractivity contribution is -0.139. The maximum absolute atomic E-state index is 12.3. The van der Waals surface area contributed by atoms with Gasteiger partial charge in [0.25, 0.3) is 0 Å². The fourth-order valence-electron chi connectivity index (χ4n) is 2.09. The van der Waals surface area contributed by atoms with Gasteiger partial charge in [-0.2, -0.15) is 0 Å². The topological polar surface area (TPSA) is 67.4 Å². The van der Waals surface area contributed by atoms with E-state index in [1.807, 2.05) is 30.3 Å². The van der Waals surface area contributed by atoms with E-state index in [-0.39, 0.29) is 16.4 Å². The van der Waals surface area contributed by atoms with Crippen LogP contribution in [0.25, 0.3) is 0 Å². The molecule has 2 amide bonds. The molecule has 2 N–H and O–H groups in total. The molecule has 1 atom stereocenters. The average molecular weight is 418 g/mol. The first-order valence-electron chi connectivity index (χ1n) is 6.36. The molecule has 0 aliphatic carbocycles. The first-order chi connectivity index (χ1) is 10.0. The van der Waals surface area contributed by atoms with Crippen LogP contribution in [0.1, 0.15) is 18.5 Å². The number of allylic oxidation sites excluding steroid dienone is 1. The van der Waals surface area contributed by atoms with Gasteiger partial charge in [-0.15, -0.1) is 0 Å². The van der Waals surface area contributed by atoms with Crippen LogP contribution >= 0.6 is 31.9 Å². The van der Waals surface area contributed by atoms with Crippen molar-refractivity contribution in [1.82, 2.24) is 10.6 Å². The summed E-state index contributed by atoms with van der Waals surface area (Å²) in [4.78, 5) is 24.1. The molecule has 7 heteroatoms. The van der Waals surface area contributed by atoms with Crippen LogP contribution in [0, 0.1) is 0 Å². The highest BCUT2D eigenvalue weighted by Crippen LogP contribution is 2.32. The summed E-state index contributed by atoms with van der Waals surface area (Å²) in [6, 6.07) is 8.37. The third-order valence-electron chi connectivity index (χ3n) is 2.95. The number of halogens is 2. The van der Waals surface area contributed by atoms with Gasteiger partial charge in [0.1, 0.15) is 3.74 Å². The molecule has 1 aliphatic rings. The summed E-state index contributed by atoms with van der Waals surface area (Å²) in [6.45, 7) is 2.00. The molecule has 112 valence electrons. The van der Waals surface area contributed by atoms with Crippen molar-refractivity contribution in [3.05, 3.63) is 47.2 Å². The lowest BCUT2D eigenvalue weighted by Gasteiger charge is -2.30. The molecule has 1 aliphatic heterocycles. The van der Waals surface area contributed by atoms with Crippen molar-refractivity contribution in [2.75, 3.05) is 6.61 Å². The van der Waals surface area contributed by atoms with Gasteiger partial charge in [-0.05, 0) is 12.5 Å². The Kier molecular flexibility index (Phi) is 5.41. The fourth-order valence-corrected chi connectivity index (χ4v) is 2.81. The molecule has 0 unspecified atom stereocenters. The SMILES string of the molecule is CCOC(=O)C1=C(C(Br)Br)NC(=O)N[C@@H]1c1ccccc1. The minimum atomic E-state index is -0.549. The number of hydrogen-bond donors (Lipinski definition) is 2. The third kappa shape index (κ3) is 3.65. The van der Waals surface area contributed by atoms with Crippen LogP contribution in [0.4, 0.5) is 4.79 Å². The number of rotatable bonds is 4. The van der Waals surface area contributed by atoms with Crippen LogP contribution in [0.3, 0.4) is 0 Å². The van der Waals surface area contributed by atoms with Crippen LogP contribution in [0.2, 0.25) is 0 Å². The Morgan fingerprint density at radius 1 is 1.33 bits per heavy atom. The molecule has 0 radical (unpaired) electrons. The Morgan fingerprint density at radius 3 is 2.57 bits per heavy atom. The predicted molar refractivity (Wildman–Crippen MR) is 86.2 cm³/mol. The van der Waals surface area contributed by atoms with Crippen molar-refractivity contribution in [3.63, 3.8) is 0 Å². The van der Waals surface area contributed by atoms with Crippen molar-refractivity contribution in [2.24, 2.45) is 0 Å². The molecule has 0 saturated carbocycles. The van der Waals surface area contributed by atoms with Gasteiger partial charge >= 0.3 is 12.0 Å². The average Bonchev–Trinajstić information content (AvgIpc) is 2.47. The third-order valence-corrected chi connectivity index (χ3v) is 3.86. The van der Waals surface area contributed by atoms with Gasteiger partial charge < -0.3 is 15.4 Å². The number of urea groups is 1. The second-order valence-electron chi connectivity index (χ2n) is 4.29. The minimum absolute atomic E-state index is 0.264. The number of carbonyl (C=O) groups is 2. The summed E-state index contributed by atoms with van der Waals surface area (Å²) in [7, 11) is 0. The van der Waals surface area contributed by atoms with E-state index >= 15 is 0 Å². The summed E-state index contributed by atoms with van der Waals surface area (Å²) in [5, 5.41) is 5.40. The molecule has 0 fully saturated rings. The maximum atomic E-state index is 12.3. The zero-order valence-corrected chi connectivity index (χ0v) is 14.4. The summed E-state index contributed by atoms with van der Waals surface area (Å²) >= 11 is 6.66. The maximum Gasteiger partial charge on any atom is 0.338 e. The fraction of sp³-hybridized carbons (Fsp3) is 0.286. The number of ether oxygens (including phenoxy) is 1. The number of amides is 2. The number of benzene rings is 1. The Hall–Kier alpha value is -1.34. The zero-order chi connectivity index (χ0) is 15.4. The van der Waals surface area contributed by atoms with E-state index in [0.29, 0.717) is 11.3 Å². The quantitative estimate of drug-likeness (QED) is 0.584. The predicted octanol–water partition coefficient (Wildman–Crippen LogP) is 2.97. The van der Waals surface area contributed by atoms with Gasteiger partial charge in [0.2, 0.25) is 0 Å². The molecule has 0 saturated heterocycles. The molecular formula is C14H14Br2N2O3. The largest absolute Gasteiger partial charge is 0.463 e. The molecule has 0 spiro atoms. The van der Waals surface area contributed by atoms with E-state index in [9.17, 15) is 9.59 Å². The first-order valence-corrected chi connectivity index (χ1v) is 8.19. The van der Waals surface area contributed by atoms with Crippen LogP contribution in [0.15, 0.2) is 41.6 Å². The molecule has 1 heterocycles. The van der Waals surface area contributed by atoms with Crippen LogP contribution in [0.5, 0.6) is 0 Å². The van der Waals surface area contributed by atoms with Gasteiger partial charge in [0.15, 0.2) is 0 Å². The number of alkyl halides is 2. The highest BCUT2D eigenvalue weighted by Gasteiger charge is 2.35. The number of hydrogen-bond acceptors (Lipinski definition) is 3. The number of nitrogens with one attached hydrogen (secondary N) is 2. The van der Waals surface area contributed by atoms with Gasteiger partial charge in [0, 0.05) is 0 Å². The lowest BCUT2D eigenvalue weighted by Crippen LogP contribution is -2.47. The first kappa shape index (κ1) is 16.0. The van der Waals surface area contributed by atoms with Gasteiger partial charge in [0.05, 0.1) is 23.9 Å². The molecule has 0 bridgehead atoms. The summed E-state index contributed by atoms with van der Waals surface area (Å²) in [5.74, 6) is -0.460. The highest BCUT2D eigenvalue weighted by molar-refractivity contribution is 9.24. The highest BCUT2D eigenvalue weighted by atomic mass is 79.9. The Labute approximate surface area is 139 Å². The second kappa shape index (κ2) is 7.09. The van der Waals surface area contributed by atoms with Crippen LogP contribution in [-0.2, 0) is 9.53 Å². The molecule has 21 heavy (non-hydrogen) atoms. The van der Waals surface area contributed by atoms with E-state index in [2.05, 4.69) is 42.5 Å². The Morgan fingerprint density at radius 2 is 2.00 bits per heavy atom. The molecule has 5 nitrogen and oxygen atoms in total. The second-order valence-corrected chi connectivity index (χ2v) is 7.35. The van der Waals surface area contributed by atoms with Crippen molar-refractivity contribution >= 4 is 43.9 Å². The molecule has 2 rings (SSSR count). The molecule has 0 aromatic heterocycles. The van der Waals surface area contributed by atoms with Crippen molar-refractivity contribution in [2.45, 2.75) is 16.7 Å². The van der Waals surface area contributed by atoms with Crippen LogP contribution in [-0.4, -0.2) is 22.3 Å².